The molecule has 2 aromatic rings. The van der Waals surface area contributed by atoms with Crippen LogP contribution in [0.25, 0.3) is 0 Å². The summed E-state index contributed by atoms with van der Waals surface area (Å²) in [5.41, 5.74) is 1.09. The zero-order chi connectivity index (χ0) is 31.7. The van der Waals surface area contributed by atoms with E-state index in [9.17, 15) is 14.4 Å². The minimum Gasteiger partial charge on any atom is -0.492 e. The number of likely N-dealkylation sites (tertiary alicyclic amines) is 2. The van der Waals surface area contributed by atoms with Crippen LogP contribution in [0.4, 0.5) is 8.78 Å². The summed E-state index contributed by atoms with van der Waals surface area (Å²) in [6.07, 6.45) is 2.32. The fourth-order valence-corrected chi connectivity index (χ4v) is 6.06. The van der Waals surface area contributed by atoms with Crippen molar-refractivity contribution in [2.24, 2.45) is 5.41 Å². The van der Waals surface area contributed by atoms with Gasteiger partial charge in [0.1, 0.15) is 24.3 Å². The number of carboxylic acid groups (broad SMARTS) is 1. The first-order valence-electron chi connectivity index (χ1n) is 14.7. The second-order valence-electron chi connectivity index (χ2n) is 11.0. The lowest BCUT2D eigenvalue weighted by molar-refractivity contribution is -0.122. The van der Waals surface area contributed by atoms with Crippen LogP contribution in [-0.4, -0.2) is 66.2 Å². The first-order valence-corrected chi connectivity index (χ1v) is 15.4. The molecule has 43 heavy (non-hydrogen) atoms. The van der Waals surface area contributed by atoms with E-state index in [1.807, 2.05) is 26.0 Å². The maximum Gasteiger partial charge on any atom is 0.290 e. The molecule has 5 rings (SSSR count). The van der Waals surface area contributed by atoms with E-state index in [0.29, 0.717) is 48.3 Å². The molecule has 3 fully saturated rings. The zero-order valence-electron chi connectivity index (χ0n) is 24.8. The van der Waals surface area contributed by atoms with E-state index in [2.05, 4.69) is 17.9 Å². The highest BCUT2D eigenvalue weighted by Gasteiger charge is 2.38. The molecule has 7 nitrogen and oxygen atoms in total. The highest BCUT2D eigenvalue weighted by molar-refractivity contribution is 6.34. The molecule has 234 valence electrons. The molecule has 1 amide bonds. The minimum absolute atomic E-state index is 0.0000380. The van der Waals surface area contributed by atoms with Crippen molar-refractivity contribution in [3.8, 4) is 11.8 Å². The van der Waals surface area contributed by atoms with Crippen LogP contribution in [0, 0.1) is 22.6 Å². The third kappa shape index (κ3) is 8.81. The fraction of sp³-hybridized carbons (Fsp3) is 0.531. The van der Waals surface area contributed by atoms with E-state index in [0.717, 1.165) is 24.0 Å². The third-order valence-corrected chi connectivity index (χ3v) is 8.61. The SMILES string of the molecule is CC.CC(c1cc(Cl)cc(Cl)c1)N1CCC(C#N)(COc2cc(F)c(C(=O)N3CCC(F)C3)cc2C2CC2)CC1.O=CO. The van der Waals surface area contributed by atoms with Gasteiger partial charge in [-0.05, 0) is 80.3 Å². The number of nitriles is 1. The highest BCUT2D eigenvalue weighted by atomic mass is 35.5. The van der Waals surface area contributed by atoms with E-state index in [1.165, 1.54) is 11.0 Å². The predicted octanol–water partition coefficient (Wildman–Crippen LogP) is 7.67. The topological polar surface area (TPSA) is 93.9 Å². The summed E-state index contributed by atoms with van der Waals surface area (Å²) in [5, 5.41) is 18.2. The van der Waals surface area contributed by atoms with Crippen molar-refractivity contribution < 1.29 is 28.2 Å². The Morgan fingerprint density at radius 1 is 1.14 bits per heavy atom. The van der Waals surface area contributed by atoms with Gasteiger partial charge in [0.25, 0.3) is 12.4 Å². The third-order valence-electron chi connectivity index (χ3n) is 8.18. The van der Waals surface area contributed by atoms with Crippen LogP contribution < -0.4 is 4.74 Å². The summed E-state index contributed by atoms with van der Waals surface area (Å²) in [4.78, 5) is 24.9. The maximum absolute atomic E-state index is 15.1. The molecule has 2 aliphatic heterocycles. The minimum atomic E-state index is -1.06. The number of benzene rings is 2. The second kappa shape index (κ2) is 15.7. The quantitative estimate of drug-likeness (QED) is 0.313. The Hall–Kier alpha value is -2.93. The fourth-order valence-electron chi connectivity index (χ4n) is 5.52. The number of nitrogens with zero attached hydrogens (tertiary/aromatic N) is 3. The molecule has 1 N–H and O–H groups in total. The molecule has 2 unspecified atom stereocenters. The zero-order valence-corrected chi connectivity index (χ0v) is 26.3. The molecular weight excluding hydrogens is 599 g/mol. The maximum atomic E-state index is 15.1. The number of ether oxygens (including phenoxy) is 1. The highest BCUT2D eigenvalue weighted by Crippen LogP contribution is 2.46. The van der Waals surface area contributed by atoms with Gasteiger partial charge in [-0.25, -0.2) is 8.78 Å². The molecule has 0 radical (unpaired) electrons. The molecule has 2 atom stereocenters. The average molecular weight is 639 g/mol. The van der Waals surface area contributed by atoms with Gasteiger partial charge in [0.15, 0.2) is 0 Å². The molecule has 2 aromatic carbocycles. The van der Waals surface area contributed by atoms with E-state index in [-0.39, 0.29) is 43.6 Å². The molecule has 11 heteroatoms. The largest absolute Gasteiger partial charge is 0.492 e. The van der Waals surface area contributed by atoms with Gasteiger partial charge in [0.05, 0.1) is 23.6 Å². The van der Waals surface area contributed by atoms with Gasteiger partial charge in [-0.3, -0.25) is 14.5 Å². The van der Waals surface area contributed by atoms with E-state index >= 15 is 4.39 Å². The summed E-state index contributed by atoms with van der Waals surface area (Å²) in [7, 11) is 0. The molecule has 0 bridgehead atoms. The lowest BCUT2D eigenvalue weighted by atomic mass is 9.80. The molecular formula is C32H39Cl2F2N3O4. The van der Waals surface area contributed by atoms with E-state index < -0.39 is 23.3 Å². The van der Waals surface area contributed by atoms with Crippen LogP contribution in [0.15, 0.2) is 30.3 Å². The number of carbonyl (C=O) groups excluding carboxylic acids is 1. The Balaban J connectivity index is 0.000000953. The number of alkyl halides is 1. The van der Waals surface area contributed by atoms with Crippen LogP contribution >= 0.6 is 23.2 Å². The van der Waals surface area contributed by atoms with E-state index in [4.69, 9.17) is 37.8 Å². The monoisotopic (exact) mass is 637 g/mol. The van der Waals surface area contributed by atoms with Crippen molar-refractivity contribution in [2.75, 3.05) is 32.8 Å². The molecule has 2 heterocycles. The number of carbonyl (C=O) groups is 2. The predicted molar refractivity (Wildman–Crippen MR) is 163 cm³/mol. The Morgan fingerprint density at radius 3 is 2.26 bits per heavy atom. The van der Waals surface area contributed by atoms with Gasteiger partial charge in [-0.15, -0.1) is 0 Å². The van der Waals surface area contributed by atoms with Gasteiger partial charge in [0, 0.05) is 41.8 Å². The Morgan fingerprint density at radius 2 is 1.74 bits per heavy atom. The second-order valence-corrected chi connectivity index (χ2v) is 11.9. The Kier molecular flexibility index (Phi) is 12.6. The van der Waals surface area contributed by atoms with Crippen molar-refractivity contribution >= 4 is 35.6 Å². The van der Waals surface area contributed by atoms with Gasteiger partial charge >= 0.3 is 0 Å². The lowest BCUT2D eigenvalue weighted by Crippen LogP contribution is -2.43. The number of piperidine rings is 1. The Bertz CT molecular complexity index is 1290. The number of halogens is 4. The van der Waals surface area contributed by atoms with E-state index in [1.54, 1.807) is 12.1 Å². The molecule has 1 aliphatic carbocycles. The van der Waals surface area contributed by atoms with Crippen LogP contribution in [0.1, 0.15) is 86.3 Å². The number of rotatable bonds is 7. The smallest absolute Gasteiger partial charge is 0.290 e. The van der Waals surface area contributed by atoms with Crippen LogP contribution in [-0.2, 0) is 4.79 Å². The molecule has 3 aliphatic rings. The number of amides is 1. The van der Waals surface area contributed by atoms with Crippen LogP contribution in [0.2, 0.25) is 10.0 Å². The normalized spacial score (nSPS) is 20.0. The van der Waals surface area contributed by atoms with Gasteiger partial charge in [-0.1, -0.05) is 37.0 Å². The summed E-state index contributed by atoms with van der Waals surface area (Å²) >= 11 is 12.4. The first kappa shape index (κ1) is 34.6. The van der Waals surface area contributed by atoms with Gasteiger partial charge in [-0.2, -0.15) is 5.26 Å². The van der Waals surface area contributed by atoms with Crippen molar-refractivity contribution in [1.29, 1.82) is 5.26 Å². The van der Waals surface area contributed by atoms with Crippen LogP contribution in [0.3, 0.4) is 0 Å². The standard InChI is InChI=1S/C29H31Cl2F2N3O2.C2H6.CH2O2/c1-18(20-10-21(30)12-22(31)11-20)35-8-5-29(16-34,6-9-35)17-38-27-14-26(33)25(13-24(27)19-2-3-19)28(37)36-7-4-23(32)15-36;1-2;2-1-3/h10-14,18-19,23H,2-9,15,17H2,1H3;1-2H3;1H,(H,2,3). The van der Waals surface area contributed by atoms with Crippen molar-refractivity contribution in [3.63, 3.8) is 0 Å². The average Bonchev–Trinajstić information content (AvgIpc) is 3.75. The Labute approximate surface area is 262 Å². The molecule has 2 saturated heterocycles. The van der Waals surface area contributed by atoms with Crippen molar-refractivity contribution in [2.45, 2.75) is 71.0 Å². The lowest BCUT2D eigenvalue weighted by Gasteiger charge is -2.40. The van der Waals surface area contributed by atoms with Gasteiger partial charge < -0.3 is 14.7 Å². The summed E-state index contributed by atoms with van der Waals surface area (Å²) in [6.45, 7) is 7.69. The first-order chi connectivity index (χ1) is 20.6. The van der Waals surface area contributed by atoms with Gasteiger partial charge in [0.2, 0.25) is 0 Å². The number of hydrogen-bond donors (Lipinski definition) is 1. The van der Waals surface area contributed by atoms with Crippen LogP contribution in [0.5, 0.6) is 5.75 Å². The molecule has 0 aromatic heterocycles. The molecule has 0 spiro atoms. The summed E-state index contributed by atoms with van der Waals surface area (Å²) in [5.74, 6) is -0.557. The van der Waals surface area contributed by atoms with Crippen molar-refractivity contribution in [3.05, 3.63) is 62.9 Å². The molecule has 1 saturated carbocycles. The van der Waals surface area contributed by atoms with Crippen molar-refractivity contribution in [1.82, 2.24) is 9.80 Å². The number of hydrogen-bond acceptors (Lipinski definition) is 5. The summed E-state index contributed by atoms with van der Waals surface area (Å²) < 4.78 is 34.9. The summed E-state index contributed by atoms with van der Waals surface area (Å²) in [6, 6.07) is 10.9.